The molecule has 4 atom stereocenters. The zero-order valence-corrected chi connectivity index (χ0v) is 9.22. The van der Waals surface area contributed by atoms with Gasteiger partial charge in [0.05, 0.1) is 7.85 Å². The summed E-state index contributed by atoms with van der Waals surface area (Å²) < 4.78 is 0. The molecule has 0 aromatic rings. The van der Waals surface area contributed by atoms with E-state index in [-0.39, 0.29) is 0 Å². The van der Waals surface area contributed by atoms with Crippen LogP contribution in [0.1, 0.15) is 46.5 Å². The average molecular weight is 176 g/mol. The van der Waals surface area contributed by atoms with Crippen LogP contribution in [0.4, 0.5) is 0 Å². The Morgan fingerprint density at radius 2 is 2.00 bits per heavy atom. The molecule has 1 heteroatoms. The molecule has 2 bridgehead atoms. The van der Waals surface area contributed by atoms with Crippen molar-refractivity contribution >= 4 is 7.85 Å². The minimum Gasteiger partial charge on any atom is -0.0740 e. The second-order valence-electron chi connectivity index (χ2n) is 5.71. The molecule has 3 fully saturated rings. The van der Waals surface area contributed by atoms with Gasteiger partial charge in [0.25, 0.3) is 0 Å². The van der Waals surface area contributed by atoms with Crippen molar-refractivity contribution in [2.24, 2.45) is 23.2 Å². The number of hydrogen-bond donors (Lipinski definition) is 0. The van der Waals surface area contributed by atoms with Crippen molar-refractivity contribution in [3.8, 4) is 0 Å². The Morgan fingerprint density at radius 3 is 2.54 bits per heavy atom. The molecule has 3 aliphatic carbocycles. The summed E-state index contributed by atoms with van der Waals surface area (Å²) in [6, 6.07) is 0. The Labute approximate surface area is 83.9 Å². The predicted octanol–water partition coefficient (Wildman–Crippen LogP) is 3.43. The van der Waals surface area contributed by atoms with Crippen molar-refractivity contribution in [3.63, 3.8) is 0 Å². The maximum atomic E-state index is 6.21. The van der Waals surface area contributed by atoms with Gasteiger partial charge in [0, 0.05) is 0 Å². The molecule has 0 aromatic carbocycles. The van der Waals surface area contributed by atoms with E-state index in [1.165, 1.54) is 25.7 Å². The monoisotopic (exact) mass is 176 g/mol. The fraction of sp³-hybridized carbons (Fsp3) is 1.00. The summed E-state index contributed by atoms with van der Waals surface area (Å²) in [6.07, 6.45) is 5.40. The molecule has 2 radical (unpaired) electrons. The standard InChI is InChI=1S/C12H21B/c1-4-5-9-10-6-8(7-11(9)13)12(10,2)3/h8-11H,4-7H2,1-3H3/t8-,9+,10+,11+/m0/s1. The van der Waals surface area contributed by atoms with Crippen molar-refractivity contribution in [2.45, 2.75) is 52.3 Å². The van der Waals surface area contributed by atoms with Crippen LogP contribution < -0.4 is 0 Å². The van der Waals surface area contributed by atoms with Gasteiger partial charge < -0.3 is 0 Å². The summed E-state index contributed by atoms with van der Waals surface area (Å²) in [7, 11) is 6.21. The SMILES string of the molecule is [B][C@@H]1C[C@@H]2C[C@H]([C@H]1CCC)C2(C)C. The Bertz CT molecular complexity index is 197. The van der Waals surface area contributed by atoms with Gasteiger partial charge in [0.15, 0.2) is 0 Å². The molecule has 3 rings (SSSR count). The number of hydrogen-bond acceptors (Lipinski definition) is 0. The summed E-state index contributed by atoms with van der Waals surface area (Å²) >= 11 is 0. The van der Waals surface area contributed by atoms with E-state index in [4.69, 9.17) is 7.85 Å². The minimum absolute atomic E-state index is 0.511. The van der Waals surface area contributed by atoms with Crippen LogP contribution in [0.3, 0.4) is 0 Å². The normalized spacial score (nSPS) is 47.0. The molecule has 0 aliphatic heterocycles. The molecule has 3 aliphatic rings. The lowest BCUT2D eigenvalue weighted by molar-refractivity contribution is -0.106. The van der Waals surface area contributed by atoms with Crippen LogP contribution in [-0.4, -0.2) is 7.85 Å². The first-order chi connectivity index (χ1) is 6.07. The minimum atomic E-state index is 0.511. The highest BCUT2D eigenvalue weighted by Gasteiger charge is 2.55. The van der Waals surface area contributed by atoms with Crippen molar-refractivity contribution in [1.29, 1.82) is 0 Å². The fourth-order valence-electron chi connectivity index (χ4n) is 3.73. The van der Waals surface area contributed by atoms with Crippen LogP contribution in [0.15, 0.2) is 0 Å². The second kappa shape index (κ2) is 3.03. The van der Waals surface area contributed by atoms with E-state index < -0.39 is 0 Å². The third-order valence-electron chi connectivity index (χ3n) is 4.79. The molecule has 0 spiro atoms. The summed E-state index contributed by atoms with van der Waals surface area (Å²) in [5.41, 5.74) is 0.607. The van der Waals surface area contributed by atoms with Crippen LogP contribution in [0.5, 0.6) is 0 Å². The molecule has 0 unspecified atom stereocenters. The zero-order chi connectivity index (χ0) is 9.64. The van der Waals surface area contributed by atoms with Crippen molar-refractivity contribution in [3.05, 3.63) is 0 Å². The molecule has 0 amide bonds. The van der Waals surface area contributed by atoms with E-state index in [0.29, 0.717) is 11.2 Å². The molecular weight excluding hydrogens is 155 g/mol. The zero-order valence-electron chi connectivity index (χ0n) is 9.22. The summed E-state index contributed by atoms with van der Waals surface area (Å²) in [5.74, 6) is 3.20. The molecule has 3 saturated carbocycles. The van der Waals surface area contributed by atoms with Crippen LogP contribution in [0.2, 0.25) is 5.82 Å². The molecule has 0 saturated heterocycles. The largest absolute Gasteiger partial charge is 0.0740 e. The number of fused-ring (bicyclic) bond motifs is 2. The van der Waals surface area contributed by atoms with Gasteiger partial charge in [-0.15, -0.1) is 0 Å². The fourth-order valence-corrected chi connectivity index (χ4v) is 3.73. The van der Waals surface area contributed by atoms with Gasteiger partial charge in [0.1, 0.15) is 0 Å². The first kappa shape index (κ1) is 9.61. The van der Waals surface area contributed by atoms with Gasteiger partial charge in [0.2, 0.25) is 0 Å². The van der Waals surface area contributed by atoms with Gasteiger partial charge in [-0.1, -0.05) is 45.9 Å². The highest BCUT2D eigenvalue weighted by molar-refractivity contribution is 6.12. The Hall–Kier alpha value is 0.0649. The van der Waals surface area contributed by atoms with Gasteiger partial charge in [-0.25, -0.2) is 0 Å². The van der Waals surface area contributed by atoms with Gasteiger partial charge in [-0.3, -0.25) is 0 Å². The van der Waals surface area contributed by atoms with E-state index in [2.05, 4.69) is 20.8 Å². The molecule has 72 valence electrons. The lowest BCUT2D eigenvalue weighted by Crippen LogP contribution is -2.54. The molecule has 0 nitrogen and oxygen atoms in total. The van der Waals surface area contributed by atoms with E-state index in [1.54, 1.807) is 0 Å². The first-order valence-electron chi connectivity index (χ1n) is 5.83. The quantitative estimate of drug-likeness (QED) is 0.565. The summed E-state index contributed by atoms with van der Waals surface area (Å²) in [5, 5.41) is 0. The highest BCUT2D eigenvalue weighted by atomic mass is 14.6. The Morgan fingerprint density at radius 1 is 1.31 bits per heavy atom. The average Bonchev–Trinajstić information content (AvgIpc) is 2.08. The summed E-state index contributed by atoms with van der Waals surface area (Å²) in [4.78, 5) is 0. The van der Waals surface area contributed by atoms with Crippen LogP contribution in [0, 0.1) is 23.2 Å². The first-order valence-corrected chi connectivity index (χ1v) is 5.83. The van der Waals surface area contributed by atoms with E-state index in [1.807, 2.05) is 0 Å². The maximum Gasteiger partial charge on any atom is 0.0703 e. The lowest BCUT2D eigenvalue weighted by atomic mass is 9.40. The van der Waals surface area contributed by atoms with Crippen LogP contribution in [0.25, 0.3) is 0 Å². The molecule has 0 aromatic heterocycles. The molecule has 0 N–H and O–H groups in total. The third-order valence-corrected chi connectivity index (χ3v) is 4.79. The smallest absolute Gasteiger partial charge is 0.0703 e. The highest BCUT2D eigenvalue weighted by Crippen LogP contribution is 2.64. The Balaban J connectivity index is 2.08. The van der Waals surface area contributed by atoms with Crippen LogP contribution >= 0.6 is 0 Å². The predicted molar refractivity (Wildman–Crippen MR) is 57.9 cm³/mol. The third kappa shape index (κ3) is 1.27. The van der Waals surface area contributed by atoms with Gasteiger partial charge >= 0.3 is 0 Å². The number of rotatable bonds is 2. The van der Waals surface area contributed by atoms with E-state index >= 15 is 0 Å². The molecule has 0 heterocycles. The Kier molecular flexibility index (Phi) is 2.24. The van der Waals surface area contributed by atoms with Crippen molar-refractivity contribution in [2.75, 3.05) is 0 Å². The van der Waals surface area contributed by atoms with Gasteiger partial charge in [-0.2, -0.15) is 0 Å². The maximum absolute atomic E-state index is 6.21. The van der Waals surface area contributed by atoms with E-state index in [0.717, 1.165) is 17.8 Å². The van der Waals surface area contributed by atoms with Crippen molar-refractivity contribution < 1.29 is 0 Å². The summed E-state index contributed by atoms with van der Waals surface area (Å²) in [6.45, 7) is 7.17. The van der Waals surface area contributed by atoms with E-state index in [9.17, 15) is 0 Å². The molecular formula is C12H21B. The van der Waals surface area contributed by atoms with Crippen LogP contribution in [-0.2, 0) is 0 Å². The lowest BCUT2D eigenvalue weighted by Gasteiger charge is -2.62. The second-order valence-corrected chi connectivity index (χ2v) is 5.71. The van der Waals surface area contributed by atoms with Gasteiger partial charge in [-0.05, 0) is 29.6 Å². The van der Waals surface area contributed by atoms with Crippen molar-refractivity contribution in [1.82, 2.24) is 0 Å². The molecule has 13 heavy (non-hydrogen) atoms. The topological polar surface area (TPSA) is 0 Å².